The minimum absolute atomic E-state index is 0. The van der Waals surface area contributed by atoms with Crippen LogP contribution in [0.5, 0.6) is 0 Å². The van der Waals surface area contributed by atoms with Crippen molar-refractivity contribution >= 4 is 21.7 Å². The molecular weight excluding hydrogens is 823 g/mol. The van der Waals surface area contributed by atoms with E-state index < -0.39 is 0 Å². The van der Waals surface area contributed by atoms with Crippen molar-refractivity contribution in [2.45, 2.75) is 13.8 Å². The van der Waals surface area contributed by atoms with Gasteiger partial charge < -0.3 is 9.97 Å². The molecule has 3 heterocycles. The Labute approximate surface area is 324 Å². The largest absolute Gasteiger partial charge is 0.305 e. The first-order valence-electron chi connectivity index (χ1n) is 17.4. The van der Waals surface area contributed by atoms with Gasteiger partial charge in [-0.05, 0) is 99.7 Å². The predicted octanol–water partition coefficient (Wildman–Crippen LogP) is 12.4. The smallest absolute Gasteiger partial charge is 0.0714 e. The van der Waals surface area contributed by atoms with Crippen molar-refractivity contribution in [1.82, 2.24) is 15.0 Å². The van der Waals surface area contributed by atoms with E-state index in [1.54, 1.807) is 6.20 Å². The number of aryl methyl sites for hydroxylation is 1. The van der Waals surface area contributed by atoms with E-state index in [-0.39, 0.29) is 20.1 Å². The van der Waals surface area contributed by atoms with E-state index in [4.69, 9.17) is 4.98 Å². The van der Waals surface area contributed by atoms with E-state index in [0.29, 0.717) is 0 Å². The summed E-state index contributed by atoms with van der Waals surface area (Å²) in [5, 5.41) is 3.61. The molecule has 9 rings (SSSR count). The monoisotopic (exact) mass is 858 g/mol. The van der Waals surface area contributed by atoms with E-state index in [9.17, 15) is 0 Å². The Morgan fingerprint density at radius 2 is 1.21 bits per heavy atom. The molecule has 0 fully saturated rings. The summed E-state index contributed by atoms with van der Waals surface area (Å²) in [6, 6.07) is 61.1. The topological polar surface area (TPSA) is 38.7 Å². The molecule has 0 aliphatic heterocycles. The summed E-state index contributed by atoms with van der Waals surface area (Å²) in [7, 11) is 0. The van der Waals surface area contributed by atoms with Gasteiger partial charge in [0.1, 0.15) is 0 Å². The van der Waals surface area contributed by atoms with Crippen LogP contribution >= 0.6 is 0 Å². The molecule has 0 aliphatic rings. The van der Waals surface area contributed by atoms with Crippen LogP contribution in [0.25, 0.3) is 77.6 Å². The second kappa shape index (κ2) is 16.1. The summed E-state index contributed by atoms with van der Waals surface area (Å²) in [6.07, 6.45) is 5.52. The Bertz CT molecular complexity index is 2600. The molecule has 4 heteroatoms. The van der Waals surface area contributed by atoms with E-state index in [0.717, 1.165) is 33.6 Å². The Kier molecular flexibility index (Phi) is 10.7. The maximum atomic E-state index is 4.75. The van der Waals surface area contributed by atoms with Crippen molar-refractivity contribution in [3.63, 3.8) is 0 Å². The summed E-state index contributed by atoms with van der Waals surface area (Å²) in [5.74, 6) is 0. The van der Waals surface area contributed by atoms with E-state index in [2.05, 4.69) is 133 Å². The summed E-state index contributed by atoms with van der Waals surface area (Å²) in [4.78, 5) is 13.6. The summed E-state index contributed by atoms with van der Waals surface area (Å²) in [5.41, 5.74) is 14.6. The number of benzene rings is 6. The number of nitrogens with zero attached hydrogens (tertiary/aromatic N) is 3. The summed E-state index contributed by atoms with van der Waals surface area (Å²) in [6.45, 7) is 4.32. The fourth-order valence-electron chi connectivity index (χ4n) is 6.79. The molecule has 0 amide bonds. The van der Waals surface area contributed by atoms with Gasteiger partial charge in [0.15, 0.2) is 0 Å². The number of fused-ring (bicyclic) bond motifs is 3. The van der Waals surface area contributed by atoms with Gasteiger partial charge in [0.25, 0.3) is 0 Å². The van der Waals surface area contributed by atoms with E-state index >= 15 is 0 Å². The molecule has 0 bridgehead atoms. The Hall–Kier alpha value is -6.06. The number of pyridine rings is 3. The number of rotatable bonds is 5. The van der Waals surface area contributed by atoms with Crippen molar-refractivity contribution in [2.24, 2.45) is 0 Å². The van der Waals surface area contributed by atoms with Gasteiger partial charge in [-0.15, -0.1) is 71.3 Å². The predicted molar refractivity (Wildman–Crippen MR) is 216 cm³/mol. The number of aromatic nitrogens is 3. The van der Waals surface area contributed by atoms with Gasteiger partial charge in [-0.1, -0.05) is 90.5 Å². The van der Waals surface area contributed by atoms with Crippen molar-refractivity contribution < 1.29 is 20.1 Å². The Morgan fingerprint density at radius 1 is 0.415 bits per heavy atom. The zero-order chi connectivity index (χ0) is 35.3. The Morgan fingerprint density at radius 3 is 2.02 bits per heavy atom. The third-order valence-corrected chi connectivity index (χ3v) is 9.40. The van der Waals surface area contributed by atoms with Crippen LogP contribution in [0.1, 0.15) is 11.1 Å². The second-order valence-corrected chi connectivity index (χ2v) is 12.8. The van der Waals surface area contributed by atoms with Crippen molar-refractivity contribution in [2.75, 3.05) is 0 Å². The van der Waals surface area contributed by atoms with Crippen LogP contribution in [0.15, 0.2) is 176 Å². The van der Waals surface area contributed by atoms with Crippen LogP contribution in [-0.4, -0.2) is 15.0 Å². The van der Waals surface area contributed by atoms with Gasteiger partial charge in [0.2, 0.25) is 0 Å². The third-order valence-electron chi connectivity index (χ3n) is 9.40. The molecule has 0 saturated carbocycles. The number of hydrogen-bond donors (Lipinski definition) is 0. The fourth-order valence-corrected chi connectivity index (χ4v) is 6.79. The van der Waals surface area contributed by atoms with E-state index in [1.165, 1.54) is 55.1 Å². The van der Waals surface area contributed by atoms with Gasteiger partial charge in [-0.25, -0.2) is 0 Å². The number of hydrogen-bond acceptors (Lipinski definition) is 3. The average Bonchev–Trinajstić information content (AvgIpc) is 3.22. The molecule has 9 aromatic rings. The van der Waals surface area contributed by atoms with E-state index in [1.807, 2.05) is 73.1 Å². The molecule has 0 aliphatic carbocycles. The normalized spacial score (nSPS) is 10.7. The van der Waals surface area contributed by atoms with Gasteiger partial charge in [-0.3, -0.25) is 4.98 Å². The zero-order valence-corrected chi connectivity index (χ0v) is 31.8. The molecule has 0 atom stereocenters. The minimum Gasteiger partial charge on any atom is -0.305 e. The van der Waals surface area contributed by atoms with Crippen LogP contribution in [-0.2, 0) is 20.1 Å². The molecule has 0 spiro atoms. The van der Waals surface area contributed by atoms with Gasteiger partial charge in [0.05, 0.1) is 5.52 Å². The molecule has 0 unspecified atom stereocenters. The minimum atomic E-state index is 0. The Balaban J connectivity index is 0.000000284. The second-order valence-electron chi connectivity index (χ2n) is 12.8. The average molecular weight is 858 g/mol. The van der Waals surface area contributed by atoms with Gasteiger partial charge >= 0.3 is 0 Å². The summed E-state index contributed by atoms with van der Waals surface area (Å²) < 4.78 is 0. The van der Waals surface area contributed by atoms with Crippen LogP contribution in [0, 0.1) is 26.0 Å². The van der Waals surface area contributed by atoms with Gasteiger partial charge in [0, 0.05) is 44.1 Å². The molecule has 1 radical (unpaired) electrons. The molecule has 257 valence electrons. The van der Waals surface area contributed by atoms with Crippen LogP contribution in [0.3, 0.4) is 0 Å². The van der Waals surface area contributed by atoms with Crippen molar-refractivity contribution in [3.8, 4) is 55.9 Å². The third kappa shape index (κ3) is 7.61. The molecule has 3 nitrogen and oxygen atoms in total. The standard InChI is InChI=1S/C38H27N2.C11H8N.Ir/c1-25-18-20-40-37(21-25)30-12-6-11-29(22-30)31-13-7-14-32(26(31)2)36-24-38-34(15-8-19-39-38)33-17-16-28(23-35(33)36)27-9-4-3-5-10-27;1-2-6-10(7-3-1)11-8-4-5-9-12-11;/h3-11,13-24H,1-2H3;1-6,8-9H;/q2*-1;. The zero-order valence-electron chi connectivity index (χ0n) is 29.4. The van der Waals surface area contributed by atoms with Crippen molar-refractivity contribution in [1.29, 1.82) is 0 Å². The quantitative estimate of drug-likeness (QED) is 0.128. The molecule has 6 aromatic carbocycles. The molecule has 0 N–H and O–H groups in total. The van der Waals surface area contributed by atoms with Crippen LogP contribution in [0.2, 0.25) is 0 Å². The van der Waals surface area contributed by atoms with Crippen molar-refractivity contribution in [3.05, 3.63) is 200 Å². The molecule has 53 heavy (non-hydrogen) atoms. The van der Waals surface area contributed by atoms with Gasteiger partial charge in [-0.2, -0.15) is 0 Å². The SMILES string of the molecule is Cc1ccnc(-c2[c-]ccc(-c3cccc(-c4cc5ncccc5c5ccc(-c6ccccc6)cc45)c3C)c2)c1.[Ir].[c-]1ccccc1-c1ccccn1. The molecule has 3 aromatic heterocycles. The fraction of sp³-hybridized carbons (Fsp3) is 0.0408. The maximum Gasteiger partial charge on any atom is 0.0714 e. The summed E-state index contributed by atoms with van der Waals surface area (Å²) >= 11 is 0. The first-order chi connectivity index (χ1) is 25.6. The first-order valence-corrected chi connectivity index (χ1v) is 17.4. The van der Waals surface area contributed by atoms with Crippen LogP contribution < -0.4 is 0 Å². The van der Waals surface area contributed by atoms with Crippen LogP contribution in [0.4, 0.5) is 0 Å². The first kappa shape index (κ1) is 35.3. The maximum absolute atomic E-state index is 4.75. The molecular formula is C49H35IrN3-2. The molecule has 0 saturated heterocycles.